The van der Waals surface area contributed by atoms with E-state index in [9.17, 15) is 13.2 Å². The number of carbonyl (C=O) groups is 1. The summed E-state index contributed by atoms with van der Waals surface area (Å²) in [5, 5.41) is 0. The Kier molecular flexibility index (Phi) is 3.52. The zero-order chi connectivity index (χ0) is 11.5. The van der Waals surface area contributed by atoms with Gasteiger partial charge in [-0.3, -0.25) is 9.10 Å². The standard InChI is InChI=1S/C9H13N2O3S/c1-15(13,14)11-6-4-8(5-7-11)2-3-9(10)12/h2,4-6H,3,7H2,1H3,(H2,10,12). The summed E-state index contributed by atoms with van der Waals surface area (Å²) in [6.07, 6.45) is 7.80. The molecule has 1 aliphatic heterocycles. The van der Waals surface area contributed by atoms with Gasteiger partial charge in [0.1, 0.15) is 0 Å². The summed E-state index contributed by atoms with van der Waals surface area (Å²) < 4.78 is 23.5. The largest absolute Gasteiger partial charge is 0.370 e. The Morgan fingerprint density at radius 3 is 2.73 bits per heavy atom. The van der Waals surface area contributed by atoms with E-state index in [4.69, 9.17) is 5.73 Å². The predicted molar refractivity (Wildman–Crippen MR) is 56.9 cm³/mol. The van der Waals surface area contributed by atoms with Gasteiger partial charge < -0.3 is 5.73 Å². The molecule has 0 aromatic heterocycles. The molecule has 0 fully saturated rings. The quantitative estimate of drug-likeness (QED) is 0.723. The molecule has 1 aliphatic rings. The summed E-state index contributed by atoms with van der Waals surface area (Å²) >= 11 is 0. The van der Waals surface area contributed by atoms with Crippen molar-refractivity contribution in [2.75, 3.05) is 12.8 Å². The predicted octanol–water partition coefficient (Wildman–Crippen LogP) is -0.219. The summed E-state index contributed by atoms with van der Waals surface area (Å²) in [5.41, 5.74) is 5.79. The van der Waals surface area contributed by atoms with Crippen LogP contribution in [0.15, 0.2) is 23.9 Å². The fraction of sp³-hybridized carbons (Fsp3) is 0.333. The van der Waals surface area contributed by atoms with Crippen molar-refractivity contribution < 1.29 is 13.2 Å². The zero-order valence-electron chi connectivity index (χ0n) is 8.38. The minimum Gasteiger partial charge on any atom is -0.370 e. The third-order valence-corrected chi connectivity index (χ3v) is 3.03. The van der Waals surface area contributed by atoms with Gasteiger partial charge in [-0.05, 0) is 18.1 Å². The molecule has 83 valence electrons. The van der Waals surface area contributed by atoms with Crippen molar-refractivity contribution in [3.8, 4) is 0 Å². The van der Waals surface area contributed by atoms with Crippen LogP contribution in [-0.2, 0) is 14.8 Å². The van der Waals surface area contributed by atoms with Gasteiger partial charge in [0.15, 0.2) is 0 Å². The van der Waals surface area contributed by atoms with Crippen LogP contribution in [0.2, 0.25) is 0 Å². The lowest BCUT2D eigenvalue weighted by Gasteiger charge is -2.19. The lowest BCUT2D eigenvalue weighted by molar-refractivity contribution is -0.117. The maximum absolute atomic E-state index is 11.1. The van der Waals surface area contributed by atoms with Crippen LogP contribution in [0.25, 0.3) is 0 Å². The fourth-order valence-corrected chi connectivity index (χ4v) is 1.74. The second-order valence-electron chi connectivity index (χ2n) is 3.23. The number of nitrogens with zero attached hydrogens (tertiary/aromatic N) is 1. The second kappa shape index (κ2) is 4.48. The molecule has 0 unspecified atom stereocenters. The first-order chi connectivity index (χ1) is 6.89. The van der Waals surface area contributed by atoms with Crippen LogP contribution in [0.3, 0.4) is 0 Å². The molecule has 0 saturated carbocycles. The molecule has 5 nitrogen and oxygen atoms in total. The van der Waals surface area contributed by atoms with Crippen LogP contribution in [-0.4, -0.2) is 31.4 Å². The monoisotopic (exact) mass is 229 g/mol. The number of nitrogens with two attached hydrogens (primary N) is 1. The van der Waals surface area contributed by atoms with E-state index in [0.29, 0.717) is 6.54 Å². The van der Waals surface area contributed by atoms with E-state index in [1.165, 1.54) is 10.5 Å². The molecule has 0 saturated heterocycles. The number of sulfonamides is 1. The molecule has 1 heterocycles. The molecule has 0 aromatic carbocycles. The van der Waals surface area contributed by atoms with Crippen LogP contribution >= 0.6 is 0 Å². The Morgan fingerprint density at radius 2 is 2.33 bits per heavy atom. The average Bonchev–Trinajstić information content (AvgIpc) is 2.14. The molecule has 0 atom stereocenters. The van der Waals surface area contributed by atoms with Crippen molar-refractivity contribution in [2.24, 2.45) is 5.73 Å². The van der Waals surface area contributed by atoms with Crippen molar-refractivity contribution in [1.29, 1.82) is 0 Å². The molecule has 0 aromatic rings. The van der Waals surface area contributed by atoms with Gasteiger partial charge >= 0.3 is 0 Å². The van der Waals surface area contributed by atoms with Crippen LogP contribution in [0.5, 0.6) is 0 Å². The van der Waals surface area contributed by atoms with E-state index >= 15 is 0 Å². The third kappa shape index (κ3) is 3.75. The molecule has 6 heteroatoms. The summed E-state index contributed by atoms with van der Waals surface area (Å²) in [6, 6.07) is 0. The molecule has 1 radical (unpaired) electrons. The highest BCUT2D eigenvalue weighted by molar-refractivity contribution is 7.88. The molecule has 0 aliphatic carbocycles. The minimum absolute atomic E-state index is 0.162. The van der Waals surface area contributed by atoms with Gasteiger partial charge in [-0.15, -0.1) is 0 Å². The van der Waals surface area contributed by atoms with E-state index < -0.39 is 15.9 Å². The number of hydrogen-bond acceptors (Lipinski definition) is 3. The Morgan fingerprint density at radius 1 is 1.67 bits per heavy atom. The highest BCUT2D eigenvalue weighted by atomic mass is 32.2. The van der Waals surface area contributed by atoms with Crippen LogP contribution in [0, 0.1) is 6.42 Å². The first kappa shape index (κ1) is 11.8. The topological polar surface area (TPSA) is 80.5 Å². The fourth-order valence-electron chi connectivity index (χ4n) is 1.11. The highest BCUT2D eigenvalue weighted by Gasteiger charge is 2.13. The van der Waals surface area contributed by atoms with E-state index in [2.05, 4.69) is 0 Å². The van der Waals surface area contributed by atoms with Gasteiger partial charge in [-0.1, -0.05) is 6.08 Å². The molecule has 2 N–H and O–H groups in total. The smallest absolute Gasteiger partial charge is 0.232 e. The van der Waals surface area contributed by atoms with Crippen molar-refractivity contribution in [2.45, 2.75) is 6.42 Å². The summed E-state index contributed by atoms with van der Waals surface area (Å²) in [7, 11) is -3.18. The van der Waals surface area contributed by atoms with Crippen LogP contribution < -0.4 is 5.73 Å². The number of hydrogen-bond donors (Lipinski definition) is 1. The van der Waals surface area contributed by atoms with Gasteiger partial charge in [0.2, 0.25) is 15.9 Å². The summed E-state index contributed by atoms with van der Waals surface area (Å²) in [5.74, 6) is -0.408. The Bertz CT molecular complexity index is 409. The second-order valence-corrected chi connectivity index (χ2v) is 5.16. The van der Waals surface area contributed by atoms with Crippen LogP contribution in [0.4, 0.5) is 0 Å². The lowest BCUT2D eigenvalue weighted by atomic mass is 10.1. The van der Waals surface area contributed by atoms with E-state index in [0.717, 1.165) is 11.8 Å². The van der Waals surface area contributed by atoms with Crippen molar-refractivity contribution in [1.82, 2.24) is 4.31 Å². The number of amides is 1. The van der Waals surface area contributed by atoms with E-state index in [-0.39, 0.29) is 6.42 Å². The normalized spacial score (nSPS) is 16.3. The Hall–Kier alpha value is -1.30. The molecule has 1 rings (SSSR count). The maximum Gasteiger partial charge on any atom is 0.232 e. The third-order valence-electron chi connectivity index (χ3n) is 1.91. The van der Waals surface area contributed by atoms with Gasteiger partial charge in [-0.2, -0.15) is 0 Å². The van der Waals surface area contributed by atoms with Crippen molar-refractivity contribution >= 4 is 15.9 Å². The number of rotatable bonds is 4. The van der Waals surface area contributed by atoms with Gasteiger partial charge in [-0.25, -0.2) is 8.42 Å². The van der Waals surface area contributed by atoms with Gasteiger partial charge in [0.25, 0.3) is 0 Å². The zero-order valence-corrected chi connectivity index (χ0v) is 9.20. The molecule has 1 amide bonds. The summed E-state index contributed by atoms with van der Waals surface area (Å²) in [4.78, 5) is 10.5. The molecular formula is C9H13N2O3S. The first-order valence-electron chi connectivity index (χ1n) is 4.36. The summed E-state index contributed by atoms with van der Waals surface area (Å²) in [6.45, 7) is 0.292. The maximum atomic E-state index is 11.1. The van der Waals surface area contributed by atoms with Crippen molar-refractivity contribution in [3.05, 3.63) is 30.3 Å². The molecule has 0 spiro atoms. The number of carbonyl (C=O) groups excluding carboxylic acids is 1. The van der Waals surface area contributed by atoms with Crippen molar-refractivity contribution in [3.63, 3.8) is 0 Å². The minimum atomic E-state index is -3.18. The average molecular weight is 229 g/mol. The number of primary amides is 1. The van der Waals surface area contributed by atoms with Gasteiger partial charge in [0.05, 0.1) is 12.8 Å². The Labute approximate surface area is 89.3 Å². The molecule has 0 bridgehead atoms. The Balaban J connectivity index is 2.54. The van der Waals surface area contributed by atoms with E-state index in [1.54, 1.807) is 18.6 Å². The van der Waals surface area contributed by atoms with Crippen LogP contribution in [0.1, 0.15) is 6.42 Å². The first-order valence-corrected chi connectivity index (χ1v) is 6.21. The molecule has 15 heavy (non-hydrogen) atoms. The van der Waals surface area contributed by atoms with Gasteiger partial charge in [0, 0.05) is 12.6 Å². The van der Waals surface area contributed by atoms with E-state index in [1.807, 2.05) is 0 Å². The lowest BCUT2D eigenvalue weighted by Crippen LogP contribution is -2.26. The molecular weight excluding hydrogens is 216 g/mol. The highest BCUT2D eigenvalue weighted by Crippen LogP contribution is 2.13. The number of allylic oxidation sites excluding steroid dienone is 2. The SMILES string of the molecule is CS(=O)(=O)N1C=CC([CH]CC(N)=O)=CC1.